The number of nitrogens with two attached hydrogens (primary N) is 1. The summed E-state index contributed by atoms with van der Waals surface area (Å²) in [7, 11) is 0. The molecule has 0 bridgehead atoms. The van der Waals surface area contributed by atoms with Crippen LogP contribution in [0.15, 0.2) is 11.1 Å². The number of carbonyl (C=O) groups is 1. The van der Waals surface area contributed by atoms with Crippen LogP contribution in [0.3, 0.4) is 0 Å². The molecular formula is C12H13N5OS. The van der Waals surface area contributed by atoms with E-state index in [0.717, 1.165) is 11.8 Å². The number of nitrogen functional groups attached to an aromatic ring is 1. The number of hydrogen-bond donors (Lipinski definition) is 2. The molecule has 1 rings (SSSR count). The highest BCUT2D eigenvalue weighted by molar-refractivity contribution is 8.00. The quantitative estimate of drug-likeness (QED) is 0.793. The zero-order valence-electron chi connectivity index (χ0n) is 10.6. The summed E-state index contributed by atoms with van der Waals surface area (Å²) in [6.07, 6.45) is 0. The molecule has 0 unspecified atom stereocenters. The molecule has 0 spiro atoms. The Labute approximate surface area is 115 Å². The van der Waals surface area contributed by atoms with Crippen molar-refractivity contribution in [1.29, 1.82) is 10.5 Å². The molecule has 0 aliphatic heterocycles. The van der Waals surface area contributed by atoms with Gasteiger partial charge < -0.3 is 11.1 Å². The van der Waals surface area contributed by atoms with Gasteiger partial charge in [-0.05, 0) is 19.9 Å². The predicted molar refractivity (Wildman–Crippen MR) is 72.1 cm³/mol. The molecule has 3 N–H and O–H groups in total. The van der Waals surface area contributed by atoms with Gasteiger partial charge in [-0.25, -0.2) is 4.98 Å². The number of rotatable bonds is 4. The number of amides is 1. The Kier molecular flexibility index (Phi) is 5.16. The molecule has 0 radical (unpaired) electrons. The highest BCUT2D eigenvalue weighted by Crippen LogP contribution is 2.23. The summed E-state index contributed by atoms with van der Waals surface area (Å²) in [4.78, 5) is 15.5. The van der Waals surface area contributed by atoms with E-state index in [4.69, 9.17) is 16.3 Å². The van der Waals surface area contributed by atoms with E-state index in [0.29, 0.717) is 5.03 Å². The van der Waals surface area contributed by atoms with Crippen molar-refractivity contribution in [3.8, 4) is 12.1 Å². The highest BCUT2D eigenvalue weighted by Gasteiger charge is 2.12. The van der Waals surface area contributed by atoms with E-state index in [2.05, 4.69) is 10.3 Å². The minimum Gasteiger partial charge on any atom is -0.383 e. The van der Waals surface area contributed by atoms with Crippen LogP contribution in [0.1, 0.15) is 25.0 Å². The van der Waals surface area contributed by atoms with Crippen LogP contribution in [0.4, 0.5) is 5.82 Å². The fourth-order valence-electron chi connectivity index (χ4n) is 1.29. The maximum atomic E-state index is 11.5. The number of thioether (sulfide) groups is 1. The lowest BCUT2D eigenvalue weighted by atomic mass is 10.2. The number of pyridine rings is 1. The van der Waals surface area contributed by atoms with Gasteiger partial charge in [0, 0.05) is 6.04 Å². The van der Waals surface area contributed by atoms with Crippen LogP contribution in [0.25, 0.3) is 0 Å². The Morgan fingerprint density at radius 1 is 1.47 bits per heavy atom. The van der Waals surface area contributed by atoms with E-state index in [1.165, 1.54) is 6.07 Å². The van der Waals surface area contributed by atoms with Gasteiger partial charge in [0.1, 0.15) is 23.0 Å². The van der Waals surface area contributed by atoms with Gasteiger partial charge in [0.2, 0.25) is 5.91 Å². The van der Waals surface area contributed by atoms with Crippen LogP contribution >= 0.6 is 11.8 Å². The molecule has 0 saturated carbocycles. The average Bonchev–Trinajstić information content (AvgIpc) is 2.35. The monoisotopic (exact) mass is 275 g/mol. The van der Waals surface area contributed by atoms with Gasteiger partial charge in [-0.3, -0.25) is 4.79 Å². The van der Waals surface area contributed by atoms with Gasteiger partial charge in [-0.2, -0.15) is 10.5 Å². The first-order valence-corrected chi connectivity index (χ1v) is 6.49. The predicted octanol–water partition coefficient (Wildman–Crippen LogP) is 1.02. The van der Waals surface area contributed by atoms with Crippen LogP contribution in [0.2, 0.25) is 0 Å². The lowest BCUT2D eigenvalue weighted by Crippen LogP contribution is -2.31. The molecule has 1 aromatic rings. The van der Waals surface area contributed by atoms with Gasteiger partial charge in [-0.1, -0.05) is 11.8 Å². The third kappa shape index (κ3) is 4.16. The number of nitrogens with zero attached hydrogens (tertiary/aromatic N) is 3. The number of carbonyl (C=O) groups excluding carboxylic acids is 1. The first kappa shape index (κ1) is 14.8. The number of anilines is 1. The number of nitrogens with one attached hydrogen (secondary N) is 1. The van der Waals surface area contributed by atoms with Crippen LogP contribution in [-0.4, -0.2) is 22.7 Å². The summed E-state index contributed by atoms with van der Waals surface area (Å²) < 4.78 is 0. The fraction of sp³-hybridized carbons (Fsp3) is 0.333. The van der Waals surface area contributed by atoms with Gasteiger partial charge in [0.05, 0.1) is 16.9 Å². The van der Waals surface area contributed by atoms with Gasteiger partial charge >= 0.3 is 0 Å². The van der Waals surface area contributed by atoms with Gasteiger partial charge in [0.25, 0.3) is 0 Å². The molecule has 0 aromatic carbocycles. The van der Waals surface area contributed by atoms with Crippen molar-refractivity contribution in [2.24, 2.45) is 0 Å². The first-order chi connectivity index (χ1) is 8.97. The summed E-state index contributed by atoms with van der Waals surface area (Å²) in [6.45, 7) is 3.72. The Balaban J connectivity index is 2.85. The van der Waals surface area contributed by atoms with Gasteiger partial charge in [-0.15, -0.1) is 0 Å². The molecule has 1 amide bonds. The Hall–Kier alpha value is -2.25. The van der Waals surface area contributed by atoms with E-state index in [1.54, 1.807) is 0 Å². The highest BCUT2D eigenvalue weighted by atomic mass is 32.2. The van der Waals surface area contributed by atoms with Crippen LogP contribution in [0, 0.1) is 22.7 Å². The third-order valence-electron chi connectivity index (χ3n) is 2.05. The molecule has 0 saturated heterocycles. The van der Waals surface area contributed by atoms with Gasteiger partial charge in [0.15, 0.2) is 0 Å². The average molecular weight is 275 g/mol. The molecule has 1 heterocycles. The molecule has 98 valence electrons. The van der Waals surface area contributed by atoms with Crippen molar-refractivity contribution in [3.63, 3.8) is 0 Å². The summed E-state index contributed by atoms with van der Waals surface area (Å²) in [5.74, 6) is 0.0625. The maximum absolute atomic E-state index is 11.5. The van der Waals surface area contributed by atoms with Crippen molar-refractivity contribution in [2.45, 2.75) is 24.9 Å². The summed E-state index contributed by atoms with van der Waals surface area (Å²) >= 11 is 1.12. The van der Waals surface area contributed by atoms with E-state index in [-0.39, 0.29) is 34.6 Å². The Morgan fingerprint density at radius 3 is 2.63 bits per heavy atom. The van der Waals surface area contributed by atoms with Crippen LogP contribution < -0.4 is 11.1 Å². The first-order valence-electron chi connectivity index (χ1n) is 5.50. The number of aromatic nitrogens is 1. The number of nitriles is 2. The van der Waals surface area contributed by atoms with E-state index in [1.807, 2.05) is 26.0 Å². The maximum Gasteiger partial charge on any atom is 0.230 e. The summed E-state index contributed by atoms with van der Waals surface area (Å²) in [5, 5.41) is 20.9. The largest absolute Gasteiger partial charge is 0.383 e. The standard InChI is InChI=1S/C12H13N5OS/c1-7(2)16-10(18)6-19-12-9(5-14)3-8(4-13)11(15)17-12/h3,7H,6H2,1-2H3,(H2,15,17)(H,16,18). The molecule has 0 aliphatic rings. The van der Waals surface area contributed by atoms with E-state index < -0.39 is 0 Å². The SMILES string of the molecule is CC(C)NC(=O)CSc1nc(N)c(C#N)cc1C#N. The fourth-order valence-corrected chi connectivity index (χ4v) is 2.06. The van der Waals surface area contributed by atoms with Crippen molar-refractivity contribution < 1.29 is 4.79 Å². The topological polar surface area (TPSA) is 116 Å². The van der Waals surface area contributed by atoms with Crippen molar-refractivity contribution >= 4 is 23.5 Å². The minimum absolute atomic E-state index is 0.0579. The molecule has 1 aromatic heterocycles. The molecule has 6 nitrogen and oxygen atoms in total. The summed E-state index contributed by atoms with van der Waals surface area (Å²) in [6, 6.07) is 5.24. The second kappa shape index (κ2) is 6.62. The van der Waals surface area contributed by atoms with Crippen LogP contribution in [0.5, 0.6) is 0 Å². The second-order valence-electron chi connectivity index (χ2n) is 4.01. The lowest BCUT2D eigenvalue weighted by Gasteiger charge is -2.08. The van der Waals surface area contributed by atoms with E-state index in [9.17, 15) is 4.79 Å². The zero-order chi connectivity index (χ0) is 14.4. The Morgan fingerprint density at radius 2 is 2.11 bits per heavy atom. The van der Waals surface area contributed by atoms with E-state index >= 15 is 0 Å². The minimum atomic E-state index is -0.145. The smallest absolute Gasteiger partial charge is 0.230 e. The normalized spacial score (nSPS) is 9.74. The Bertz CT molecular complexity index is 571. The molecule has 0 fully saturated rings. The molecule has 0 aliphatic carbocycles. The molecular weight excluding hydrogens is 262 g/mol. The molecule has 19 heavy (non-hydrogen) atoms. The molecule has 0 atom stereocenters. The second-order valence-corrected chi connectivity index (χ2v) is 4.97. The molecule has 7 heteroatoms. The number of hydrogen-bond acceptors (Lipinski definition) is 6. The summed E-state index contributed by atoms with van der Waals surface area (Å²) in [5.41, 5.74) is 5.99. The van der Waals surface area contributed by atoms with Crippen molar-refractivity contribution in [1.82, 2.24) is 10.3 Å². The van der Waals surface area contributed by atoms with Crippen molar-refractivity contribution in [3.05, 3.63) is 17.2 Å². The lowest BCUT2D eigenvalue weighted by molar-refractivity contribution is -0.119. The zero-order valence-corrected chi connectivity index (χ0v) is 11.4. The van der Waals surface area contributed by atoms with Crippen molar-refractivity contribution in [2.75, 3.05) is 11.5 Å². The third-order valence-corrected chi connectivity index (χ3v) is 3.04. The van der Waals surface area contributed by atoms with Crippen LogP contribution in [-0.2, 0) is 4.79 Å².